The van der Waals surface area contributed by atoms with E-state index in [4.69, 9.17) is 9.47 Å². The van der Waals surface area contributed by atoms with Crippen molar-refractivity contribution >= 4 is 11.8 Å². The number of nitrogens with zero attached hydrogens (tertiary/aromatic N) is 2. The number of ether oxygens (including phenoxy) is 2. The normalized spacial score (nSPS) is 19.9. The number of aromatic amines is 1. The Morgan fingerprint density at radius 3 is 3.29 bits per heavy atom. The molecule has 0 radical (unpaired) electrons. The van der Waals surface area contributed by atoms with Crippen molar-refractivity contribution in [3.05, 3.63) is 10.5 Å². The van der Waals surface area contributed by atoms with E-state index in [-0.39, 0.29) is 11.8 Å². The van der Waals surface area contributed by atoms with Gasteiger partial charge >= 0.3 is 5.69 Å². The lowest BCUT2D eigenvalue weighted by atomic mass is 10.2. The summed E-state index contributed by atoms with van der Waals surface area (Å²) in [5, 5.41) is 7.20. The van der Waals surface area contributed by atoms with Gasteiger partial charge in [0.25, 0.3) is 0 Å². The Morgan fingerprint density at radius 1 is 1.71 bits per heavy atom. The van der Waals surface area contributed by atoms with Crippen LogP contribution in [0.2, 0.25) is 0 Å². The van der Waals surface area contributed by atoms with E-state index in [1.165, 1.54) is 11.8 Å². The molecule has 1 N–H and O–H groups in total. The zero-order chi connectivity index (χ0) is 12.1. The maximum absolute atomic E-state index is 11.6. The summed E-state index contributed by atoms with van der Waals surface area (Å²) in [7, 11) is 1.66. The number of methoxy groups -OCH3 is 1. The fraction of sp³-hybridized carbons (Fsp3) is 0.800. The van der Waals surface area contributed by atoms with Crippen molar-refractivity contribution in [3.63, 3.8) is 0 Å². The third kappa shape index (κ3) is 3.34. The molecule has 0 saturated carbocycles. The van der Waals surface area contributed by atoms with Gasteiger partial charge < -0.3 is 9.47 Å². The molecule has 96 valence electrons. The fourth-order valence-corrected chi connectivity index (χ4v) is 2.64. The van der Waals surface area contributed by atoms with Gasteiger partial charge in [-0.05, 0) is 12.8 Å². The molecule has 1 saturated heterocycles. The highest BCUT2D eigenvalue weighted by Gasteiger charge is 2.19. The summed E-state index contributed by atoms with van der Waals surface area (Å²) in [5.74, 6) is 0.784. The van der Waals surface area contributed by atoms with Crippen LogP contribution in [0.1, 0.15) is 12.8 Å². The second-order valence-electron chi connectivity index (χ2n) is 3.90. The van der Waals surface area contributed by atoms with Crippen LogP contribution in [0, 0.1) is 0 Å². The van der Waals surface area contributed by atoms with Crippen LogP contribution in [-0.4, -0.2) is 46.9 Å². The smallest absolute Gasteiger partial charge is 0.344 e. The van der Waals surface area contributed by atoms with Crippen LogP contribution in [0.15, 0.2) is 9.95 Å². The van der Waals surface area contributed by atoms with Gasteiger partial charge in [0.05, 0.1) is 19.3 Å². The van der Waals surface area contributed by atoms with Crippen LogP contribution in [0.25, 0.3) is 0 Å². The van der Waals surface area contributed by atoms with Crippen molar-refractivity contribution < 1.29 is 9.47 Å². The first-order valence-electron chi connectivity index (χ1n) is 5.70. The lowest BCUT2D eigenvalue weighted by Gasteiger charge is -2.10. The number of thioether (sulfide) groups is 1. The molecule has 1 aromatic rings. The minimum atomic E-state index is -0.166. The predicted molar refractivity (Wildman–Crippen MR) is 64.4 cm³/mol. The molecule has 0 amide bonds. The average molecular weight is 259 g/mol. The lowest BCUT2D eigenvalue weighted by Crippen LogP contribution is -2.25. The van der Waals surface area contributed by atoms with Crippen LogP contribution < -0.4 is 5.69 Å². The third-order valence-electron chi connectivity index (χ3n) is 2.65. The Kier molecular flexibility index (Phi) is 4.64. The molecule has 0 bridgehead atoms. The van der Waals surface area contributed by atoms with Gasteiger partial charge in [0.15, 0.2) is 5.16 Å². The third-order valence-corrected chi connectivity index (χ3v) is 3.59. The SMILES string of the molecule is COCCSc1n[nH]c(=O)n1CC1CCCO1. The first-order valence-corrected chi connectivity index (χ1v) is 6.68. The summed E-state index contributed by atoms with van der Waals surface area (Å²) >= 11 is 1.52. The second kappa shape index (κ2) is 6.23. The van der Waals surface area contributed by atoms with Gasteiger partial charge in [-0.2, -0.15) is 0 Å². The molecule has 6 nitrogen and oxygen atoms in total. The average Bonchev–Trinajstić information content (AvgIpc) is 2.94. The Bertz CT molecular complexity index is 398. The van der Waals surface area contributed by atoms with E-state index in [1.807, 2.05) is 0 Å². The summed E-state index contributed by atoms with van der Waals surface area (Å²) in [4.78, 5) is 11.6. The summed E-state index contributed by atoms with van der Waals surface area (Å²) in [6.45, 7) is 2.03. The topological polar surface area (TPSA) is 69.1 Å². The molecule has 1 aliphatic heterocycles. The summed E-state index contributed by atoms with van der Waals surface area (Å²) < 4.78 is 12.1. The number of H-pyrrole nitrogens is 1. The van der Waals surface area contributed by atoms with Gasteiger partial charge in [-0.1, -0.05) is 11.8 Å². The quantitative estimate of drug-likeness (QED) is 0.595. The standard InChI is InChI=1S/C10H17N3O3S/c1-15-5-6-17-10-12-11-9(14)13(10)7-8-3-2-4-16-8/h8H,2-7H2,1H3,(H,11,14). The molecule has 17 heavy (non-hydrogen) atoms. The van der Waals surface area contributed by atoms with Gasteiger partial charge in [-0.3, -0.25) is 4.57 Å². The summed E-state index contributed by atoms with van der Waals surface area (Å²) in [6.07, 6.45) is 2.23. The van der Waals surface area contributed by atoms with Gasteiger partial charge in [0.1, 0.15) is 0 Å². The van der Waals surface area contributed by atoms with Crippen molar-refractivity contribution in [3.8, 4) is 0 Å². The molecular weight excluding hydrogens is 242 g/mol. The van der Waals surface area contributed by atoms with E-state index in [2.05, 4.69) is 10.2 Å². The number of rotatable bonds is 6. The maximum atomic E-state index is 11.6. The molecule has 0 spiro atoms. The molecule has 1 aliphatic rings. The predicted octanol–water partition coefficient (Wildman–Crippen LogP) is 0.489. The van der Waals surface area contributed by atoms with E-state index in [1.54, 1.807) is 11.7 Å². The highest BCUT2D eigenvalue weighted by Crippen LogP contribution is 2.17. The number of hydrogen-bond donors (Lipinski definition) is 1. The summed E-state index contributed by atoms with van der Waals surface area (Å²) in [5.41, 5.74) is -0.166. The van der Waals surface area contributed by atoms with Crippen molar-refractivity contribution in [2.45, 2.75) is 30.6 Å². The first kappa shape index (κ1) is 12.7. The van der Waals surface area contributed by atoms with Crippen molar-refractivity contribution in [1.29, 1.82) is 0 Å². The van der Waals surface area contributed by atoms with E-state index in [0.717, 1.165) is 25.2 Å². The molecule has 1 fully saturated rings. The minimum absolute atomic E-state index is 0.145. The molecule has 2 heterocycles. The molecule has 2 rings (SSSR count). The maximum Gasteiger partial charge on any atom is 0.344 e. The highest BCUT2D eigenvalue weighted by molar-refractivity contribution is 7.99. The Labute approximate surface area is 104 Å². The highest BCUT2D eigenvalue weighted by atomic mass is 32.2. The van der Waals surface area contributed by atoms with Crippen molar-refractivity contribution in [1.82, 2.24) is 14.8 Å². The molecule has 7 heteroatoms. The zero-order valence-corrected chi connectivity index (χ0v) is 10.7. The molecule has 1 aromatic heterocycles. The van der Waals surface area contributed by atoms with Crippen LogP contribution in [0.4, 0.5) is 0 Å². The second-order valence-corrected chi connectivity index (χ2v) is 4.96. The fourth-order valence-electron chi connectivity index (χ4n) is 1.78. The van der Waals surface area contributed by atoms with Crippen LogP contribution in [0.3, 0.4) is 0 Å². The molecule has 1 unspecified atom stereocenters. The van der Waals surface area contributed by atoms with Crippen LogP contribution in [-0.2, 0) is 16.0 Å². The van der Waals surface area contributed by atoms with Crippen molar-refractivity contribution in [2.75, 3.05) is 26.1 Å². The Morgan fingerprint density at radius 2 is 2.59 bits per heavy atom. The number of aromatic nitrogens is 3. The van der Waals surface area contributed by atoms with E-state index >= 15 is 0 Å². The van der Waals surface area contributed by atoms with Crippen LogP contribution in [0.5, 0.6) is 0 Å². The van der Waals surface area contributed by atoms with Gasteiger partial charge in [0.2, 0.25) is 0 Å². The van der Waals surface area contributed by atoms with E-state index in [9.17, 15) is 4.79 Å². The van der Waals surface area contributed by atoms with Gasteiger partial charge in [-0.25, -0.2) is 9.89 Å². The first-order chi connectivity index (χ1) is 8.31. The van der Waals surface area contributed by atoms with E-state index < -0.39 is 0 Å². The van der Waals surface area contributed by atoms with Gasteiger partial charge in [0, 0.05) is 19.5 Å². The minimum Gasteiger partial charge on any atom is -0.384 e. The molecule has 0 aliphatic carbocycles. The van der Waals surface area contributed by atoms with Crippen molar-refractivity contribution in [2.24, 2.45) is 0 Å². The van der Waals surface area contributed by atoms with Gasteiger partial charge in [-0.15, -0.1) is 5.10 Å². The zero-order valence-electron chi connectivity index (χ0n) is 9.85. The molecule has 0 aromatic carbocycles. The Hall–Kier alpha value is -0.790. The molecular formula is C10H17N3O3S. The lowest BCUT2D eigenvalue weighted by molar-refractivity contribution is 0.0941. The largest absolute Gasteiger partial charge is 0.384 e. The van der Waals surface area contributed by atoms with E-state index in [0.29, 0.717) is 18.3 Å². The summed E-state index contributed by atoms with van der Waals surface area (Å²) in [6, 6.07) is 0. The Balaban J connectivity index is 1.98. The monoisotopic (exact) mass is 259 g/mol. The van der Waals surface area contributed by atoms with Crippen LogP contribution >= 0.6 is 11.8 Å². The number of hydrogen-bond acceptors (Lipinski definition) is 5. The number of nitrogens with one attached hydrogen (secondary N) is 1. The molecule has 1 atom stereocenters.